The molecule has 1 heteroatoms. The number of hydrogen-bond donors (Lipinski definition) is 1. The second-order valence-corrected chi connectivity index (χ2v) is 8.34. The van der Waals surface area contributed by atoms with E-state index in [9.17, 15) is 5.11 Å². The summed E-state index contributed by atoms with van der Waals surface area (Å²) >= 11 is 0. The van der Waals surface area contributed by atoms with E-state index in [1.54, 1.807) is 0 Å². The maximum absolute atomic E-state index is 9.71. The molecule has 1 N–H and O–H groups in total. The minimum Gasteiger partial charge on any atom is -0.393 e. The lowest BCUT2D eigenvalue weighted by Gasteiger charge is -2.25. The molecule has 1 nitrogen and oxygen atoms in total. The van der Waals surface area contributed by atoms with Gasteiger partial charge in [0.05, 0.1) is 6.10 Å². The van der Waals surface area contributed by atoms with Gasteiger partial charge in [0.25, 0.3) is 0 Å². The Hall–Kier alpha value is -2.38. The van der Waals surface area contributed by atoms with Gasteiger partial charge in [0.15, 0.2) is 0 Å². The molecule has 3 aromatic carbocycles. The number of rotatable bonds is 5. The highest BCUT2D eigenvalue weighted by Crippen LogP contribution is 2.34. The van der Waals surface area contributed by atoms with Crippen LogP contribution in [-0.4, -0.2) is 11.2 Å². The van der Waals surface area contributed by atoms with Crippen LogP contribution in [0.3, 0.4) is 0 Å². The standard InChI is InChI=1S/C27H30O/c1-20(22-5-3-2-4-6-22)19-21-7-9-23(10-8-21)24-11-13-25(14-12-24)26-15-17-27(28)18-16-26/h2-14,20,26-28H,15-19H2,1H3/t20-,26?,27?/m1/s1. The predicted octanol–water partition coefficient (Wildman–Crippen LogP) is 6.72. The summed E-state index contributed by atoms with van der Waals surface area (Å²) in [5.74, 6) is 1.14. The van der Waals surface area contributed by atoms with E-state index in [4.69, 9.17) is 0 Å². The Morgan fingerprint density at radius 3 is 1.93 bits per heavy atom. The van der Waals surface area contributed by atoms with Crippen molar-refractivity contribution in [2.75, 3.05) is 0 Å². The van der Waals surface area contributed by atoms with E-state index >= 15 is 0 Å². The molecule has 0 spiro atoms. The Kier molecular flexibility index (Phi) is 5.92. The minimum atomic E-state index is -0.0846. The van der Waals surface area contributed by atoms with Gasteiger partial charge in [0.2, 0.25) is 0 Å². The van der Waals surface area contributed by atoms with E-state index in [0.717, 1.165) is 32.1 Å². The van der Waals surface area contributed by atoms with Gasteiger partial charge in [-0.1, -0.05) is 85.8 Å². The van der Waals surface area contributed by atoms with Gasteiger partial charge in [-0.2, -0.15) is 0 Å². The van der Waals surface area contributed by atoms with Crippen molar-refractivity contribution in [3.05, 3.63) is 95.6 Å². The van der Waals surface area contributed by atoms with Crippen LogP contribution >= 0.6 is 0 Å². The first-order valence-corrected chi connectivity index (χ1v) is 10.6. The number of benzene rings is 3. The third-order valence-electron chi connectivity index (χ3n) is 6.28. The Bertz CT molecular complexity index is 856. The molecule has 0 aromatic heterocycles. The van der Waals surface area contributed by atoms with E-state index < -0.39 is 0 Å². The van der Waals surface area contributed by atoms with Gasteiger partial charge in [-0.15, -0.1) is 0 Å². The molecule has 1 fully saturated rings. The van der Waals surface area contributed by atoms with Crippen LogP contribution < -0.4 is 0 Å². The molecule has 1 atom stereocenters. The molecular formula is C27H30O. The van der Waals surface area contributed by atoms with Crippen molar-refractivity contribution in [2.45, 2.75) is 57.0 Å². The lowest BCUT2D eigenvalue weighted by molar-refractivity contribution is 0.122. The van der Waals surface area contributed by atoms with Crippen molar-refractivity contribution in [1.29, 1.82) is 0 Å². The molecule has 0 amide bonds. The van der Waals surface area contributed by atoms with Crippen LogP contribution in [0, 0.1) is 0 Å². The molecule has 0 unspecified atom stereocenters. The summed E-state index contributed by atoms with van der Waals surface area (Å²) in [6.07, 6.45) is 5.07. The molecule has 3 aromatic rings. The summed E-state index contributed by atoms with van der Waals surface area (Å²) in [4.78, 5) is 0. The molecule has 1 saturated carbocycles. The van der Waals surface area contributed by atoms with Gasteiger partial charge < -0.3 is 5.11 Å². The summed E-state index contributed by atoms with van der Waals surface area (Å²) in [5, 5.41) is 9.71. The molecule has 144 valence electrons. The fourth-order valence-corrected chi connectivity index (χ4v) is 4.44. The van der Waals surface area contributed by atoms with Gasteiger partial charge in [-0.25, -0.2) is 0 Å². The zero-order valence-corrected chi connectivity index (χ0v) is 16.7. The summed E-state index contributed by atoms with van der Waals surface area (Å²) in [7, 11) is 0. The zero-order chi connectivity index (χ0) is 19.3. The van der Waals surface area contributed by atoms with E-state index in [-0.39, 0.29) is 6.10 Å². The van der Waals surface area contributed by atoms with Crippen LogP contribution in [0.1, 0.15) is 61.1 Å². The normalized spacial score (nSPS) is 20.6. The number of hydrogen-bond acceptors (Lipinski definition) is 1. The van der Waals surface area contributed by atoms with Crippen LogP contribution in [0.25, 0.3) is 11.1 Å². The number of aliphatic hydroxyl groups excluding tert-OH is 1. The summed E-state index contributed by atoms with van der Waals surface area (Å²) in [5.41, 5.74) is 6.77. The van der Waals surface area contributed by atoms with Gasteiger partial charge in [-0.3, -0.25) is 0 Å². The van der Waals surface area contributed by atoms with E-state index in [1.807, 2.05) is 0 Å². The number of aliphatic hydroxyl groups is 1. The predicted molar refractivity (Wildman–Crippen MR) is 118 cm³/mol. The molecule has 0 heterocycles. The van der Waals surface area contributed by atoms with Gasteiger partial charge in [0.1, 0.15) is 0 Å². The third kappa shape index (κ3) is 4.54. The first kappa shape index (κ1) is 19.0. The summed E-state index contributed by atoms with van der Waals surface area (Å²) in [6.45, 7) is 2.30. The highest BCUT2D eigenvalue weighted by atomic mass is 16.3. The molecule has 4 rings (SSSR count). The van der Waals surface area contributed by atoms with Crippen molar-refractivity contribution >= 4 is 0 Å². The fraction of sp³-hybridized carbons (Fsp3) is 0.333. The maximum atomic E-state index is 9.71. The average molecular weight is 371 g/mol. The Morgan fingerprint density at radius 2 is 1.32 bits per heavy atom. The van der Waals surface area contributed by atoms with Crippen molar-refractivity contribution in [3.8, 4) is 11.1 Å². The van der Waals surface area contributed by atoms with Crippen LogP contribution in [0.2, 0.25) is 0 Å². The Labute approximate surface area is 169 Å². The minimum absolute atomic E-state index is 0.0846. The Balaban J connectivity index is 1.41. The molecule has 28 heavy (non-hydrogen) atoms. The summed E-state index contributed by atoms with van der Waals surface area (Å²) < 4.78 is 0. The second kappa shape index (κ2) is 8.75. The second-order valence-electron chi connectivity index (χ2n) is 8.34. The lowest BCUT2D eigenvalue weighted by atomic mass is 9.82. The van der Waals surface area contributed by atoms with Crippen LogP contribution in [0.4, 0.5) is 0 Å². The first-order valence-electron chi connectivity index (χ1n) is 10.6. The highest BCUT2D eigenvalue weighted by Gasteiger charge is 2.20. The van der Waals surface area contributed by atoms with E-state index in [0.29, 0.717) is 11.8 Å². The molecule has 1 aliphatic rings. The topological polar surface area (TPSA) is 20.2 Å². The smallest absolute Gasteiger partial charge is 0.0540 e. The monoisotopic (exact) mass is 370 g/mol. The molecule has 0 aliphatic heterocycles. The highest BCUT2D eigenvalue weighted by molar-refractivity contribution is 5.64. The molecule has 0 radical (unpaired) electrons. The van der Waals surface area contributed by atoms with E-state index in [1.165, 1.54) is 27.8 Å². The van der Waals surface area contributed by atoms with Crippen LogP contribution in [0.5, 0.6) is 0 Å². The van der Waals surface area contributed by atoms with Gasteiger partial charge in [-0.05, 0) is 71.8 Å². The van der Waals surface area contributed by atoms with Crippen molar-refractivity contribution < 1.29 is 5.11 Å². The molecule has 0 saturated heterocycles. The van der Waals surface area contributed by atoms with E-state index in [2.05, 4.69) is 85.8 Å². The average Bonchev–Trinajstić information content (AvgIpc) is 2.76. The van der Waals surface area contributed by atoms with Crippen molar-refractivity contribution in [1.82, 2.24) is 0 Å². The molecule has 0 bridgehead atoms. The first-order chi connectivity index (χ1) is 13.7. The third-order valence-corrected chi connectivity index (χ3v) is 6.28. The zero-order valence-electron chi connectivity index (χ0n) is 16.7. The van der Waals surface area contributed by atoms with Gasteiger partial charge in [0, 0.05) is 0 Å². The van der Waals surface area contributed by atoms with Crippen LogP contribution in [-0.2, 0) is 6.42 Å². The SMILES string of the molecule is C[C@H](Cc1ccc(-c2ccc(C3CCC(O)CC3)cc2)cc1)c1ccccc1. The molecule has 1 aliphatic carbocycles. The quantitative estimate of drug-likeness (QED) is 0.528. The largest absolute Gasteiger partial charge is 0.393 e. The fourth-order valence-electron chi connectivity index (χ4n) is 4.44. The van der Waals surface area contributed by atoms with Crippen LogP contribution in [0.15, 0.2) is 78.9 Å². The van der Waals surface area contributed by atoms with Gasteiger partial charge >= 0.3 is 0 Å². The lowest BCUT2D eigenvalue weighted by Crippen LogP contribution is -2.16. The molecular weight excluding hydrogens is 340 g/mol. The summed E-state index contributed by atoms with van der Waals surface area (Å²) in [6, 6.07) is 28.8. The van der Waals surface area contributed by atoms with Crippen molar-refractivity contribution in [3.63, 3.8) is 0 Å². The maximum Gasteiger partial charge on any atom is 0.0540 e. The Morgan fingerprint density at radius 1 is 0.750 bits per heavy atom. The van der Waals surface area contributed by atoms with Crippen molar-refractivity contribution in [2.24, 2.45) is 0 Å².